The summed E-state index contributed by atoms with van der Waals surface area (Å²) in [5.41, 5.74) is 22.9. The molecule has 0 saturated carbocycles. The van der Waals surface area contributed by atoms with Gasteiger partial charge in [0, 0.05) is 45.3 Å². The second kappa shape index (κ2) is 29.5. The highest BCUT2D eigenvalue weighted by Crippen LogP contribution is 2.44. The van der Waals surface area contributed by atoms with Crippen molar-refractivity contribution in [3.63, 3.8) is 0 Å². The number of methoxy groups -OCH3 is 2. The molecule has 0 spiro atoms. The third-order valence-corrected chi connectivity index (χ3v) is 17.0. The van der Waals surface area contributed by atoms with Gasteiger partial charge in [-0.3, -0.25) is 0 Å². The van der Waals surface area contributed by atoms with Gasteiger partial charge in [0.2, 0.25) is 0 Å². The third-order valence-electron chi connectivity index (χ3n) is 17.0. The normalized spacial score (nSPS) is 11.1. The van der Waals surface area contributed by atoms with Crippen LogP contribution in [-0.4, -0.2) is 14.2 Å². The fourth-order valence-electron chi connectivity index (χ4n) is 12.5. The molecule has 13 rings (SSSR count). The number of ether oxygens (including phenoxy) is 2. The van der Waals surface area contributed by atoms with E-state index in [0.717, 1.165) is 112 Å². The van der Waals surface area contributed by atoms with Crippen molar-refractivity contribution in [2.24, 2.45) is 0 Å². The Morgan fingerprint density at radius 1 is 0.250 bits per heavy atom. The molecular formula is C90H66N4O2. The summed E-state index contributed by atoms with van der Waals surface area (Å²) in [7, 11) is 3.20. The molecule has 0 aliphatic carbocycles. The smallest absolute Gasteiger partial charge is 0.126 e. The molecule has 13 aromatic carbocycles. The largest absolute Gasteiger partial charge is 0.496 e. The summed E-state index contributed by atoms with van der Waals surface area (Å²) in [6.07, 6.45) is 3.63. The average Bonchev–Trinajstić information content (AvgIpc) is 0.812. The Bertz CT molecular complexity index is 4580. The minimum atomic E-state index is 0.431. The Labute approximate surface area is 562 Å². The molecule has 6 heteroatoms. The zero-order valence-electron chi connectivity index (χ0n) is 53.2. The topological polar surface area (TPSA) is 72.5 Å². The molecule has 0 aliphatic heterocycles. The lowest BCUT2D eigenvalue weighted by molar-refractivity contribution is 0.401. The molecule has 6 nitrogen and oxygen atoms in total. The van der Waals surface area contributed by atoms with E-state index in [0.29, 0.717) is 33.8 Å². The molecule has 0 N–H and O–H groups in total. The van der Waals surface area contributed by atoms with Crippen LogP contribution in [0, 0.1) is 22.7 Å². The lowest BCUT2D eigenvalue weighted by atomic mass is 9.86. The van der Waals surface area contributed by atoms with E-state index in [9.17, 15) is 10.5 Å². The number of rotatable bonds is 20. The van der Waals surface area contributed by atoms with Gasteiger partial charge < -0.3 is 19.3 Å². The van der Waals surface area contributed by atoms with Gasteiger partial charge in [0.15, 0.2) is 0 Å². The first-order valence-electron chi connectivity index (χ1n) is 31.9. The molecule has 0 aromatic heterocycles. The maximum absolute atomic E-state index is 10.8. The first kappa shape index (κ1) is 61.8. The second-order valence-electron chi connectivity index (χ2n) is 22.9. The van der Waals surface area contributed by atoms with Crippen LogP contribution in [-0.2, 0) is 0 Å². The van der Waals surface area contributed by atoms with Gasteiger partial charge in [0.05, 0.1) is 37.5 Å². The maximum atomic E-state index is 10.8. The molecule has 0 unspecified atom stereocenters. The van der Waals surface area contributed by atoms with Crippen LogP contribution in [0.1, 0.15) is 66.8 Å². The van der Waals surface area contributed by atoms with Gasteiger partial charge in [0.1, 0.15) is 11.5 Å². The van der Waals surface area contributed by atoms with Crippen LogP contribution in [0.25, 0.3) is 45.6 Å². The number of hydrogen-bond donors (Lipinski definition) is 0. The molecular weight excluding hydrogens is 1170 g/mol. The van der Waals surface area contributed by atoms with Crippen molar-refractivity contribution < 1.29 is 9.47 Å². The molecule has 458 valence electrons. The van der Waals surface area contributed by atoms with Gasteiger partial charge in [-0.2, -0.15) is 10.5 Å². The fraction of sp³-hybridized carbons (Fsp3) is 0.0222. The molecule has 0 radical (unpaired) electrons. The van der Waals surface area contributed by atoms with Crippen LogP contribution in [0.5, 0.6) is 11.5 Å². The minimum Gasteiger partial charge on any atom is -0.496 e. The number of nitriles is 2. The van der Waals surface area contributed by atoms with Crippen LogP contribution >= 0.6 is 0 Å². The molecule has 0 aliphatic rings. The van der Waals surface area contributed by atoms with Crippen LogP contribution in [0.15, 0.2) is 352 Å². The first-order chi connectivity index (χ1) is 47.5. The zero-order chi connectivity index (χ0) is 65.4. The predicted molar refractivity (Wildman–Crippen MR) is 397 cm³/mol. The van der Waals surface area contributed by atoms with E-state index in [1.165, 1.54) is 0 Å². The standard InChI is InChI=1S/C90H66N4O2/c1-95-85-61-76(60-78(64-92)66-45-53-82(54-46-66)94(80-41-25-10-26-42-80)84-57-49-74(50-58-84)90(72-37-21-8-22-38-72)88(69-31-15-5-16-32-69)70-33-17-6-18-34-70)86(96-2)62-75(85)59-77(63-91)65-43-51-81(52-44-65)93(79-39-23-9-24-40-79)83-55-47-73(48-56-83)89(71-35-19-7-20-36-71)87(67-27-11-3-12-28-67)68-29-13-4-14-30-68/h3-62H,1-2H3. The summed E-state index contributed by atoms with van der Waals surface area (Å²) in [6.45, 7) is 0. The number of hydrogen-bond acceptors (Lipinski definition) is 6. The Morgan fingerprint density at radius 2 is 0.438 bits per heavy atom. The average molecular weight is 1240 g/mol. The van der Waals surface area contributed by atoms with Crippen molar-refractivity contribution in [2.75, 3.05) is 24.0 Å². The van der Waals surface area contributed by atoms with E-state index in [-0.39, 0.29) is 0 Å². The van der Waals surface area contributed by atoms with E-state index >= 15 is 0 Å². The van der Waals surface area contributed by atoms with Gasteiger partial charge in [0.25, 0.3) is 0 Å². The summed E-state index contributed by atoms with van der Waals surface area (Å²) in [5.74, 6) is 1.02. The molecule has 13 aromatic rings. The van der Waals surface area contributed by atoms with Gasteiger partial charge in [-0.05, 0) is 175 Å². The SMILES string of the molecule is COc1cc(C=C(C#N)c2ccc(N(c3ccccc3)c3ccc(C(=C(c4ccccc4)c4ccccc4)c4ccccc4)cc3)cc2)c(OC)cc1C=C(C#N)c1ccc(N(c2ccccc2)c2ccc(C(=C(c3ccccc3)c3ccccc3)c3ccccc3)cc2)cc1. The second-order valence-corrected chi connectivity index (χ2v) is 22.9. The zero-order valence-corrected chi connectivity index (χ0v) is 53.2. The lowest BCUT2D eigenvalue weighted by Gasteiger charge is -2.26. The van der Waals surface area contributed by atoms with Crippen LogP contribution in [0.2, 0.25) is 0 Å². The number of anilines is 6. The molecule has 0 bridgehead atoms. The highest BCUT2D eigenvalue weighted by atomic mass is 16.5. The maximum Gasteiger partial charge on any atom is 0.126 e. The number of nitrogens with zero attached hydrogens (tertiary/aromatic N) is 4. The van der Waals surface area contributed by atoms with Crippen LogP contribution in [0.4, 0.5) is 34.1 Å². The number of allylic oxidation sites excluding steroid dienone is 2. The van der Waals surface area contributed by atoms with E-state index in [2.05, 4.69) is 277 Å². The van der Waals surface area contributed by atoms with Crippen molar-refractivity contribution in [1.82, 2.24) is 0 Å². The van der Waals surface area contributed by atoms with Crippen LogP contribution in [0.3, 0.4) is 0 Å². The summed E-state index contributed by atoms with van der Waals surface area (Å²) in [6, 6.07) is 126. The predicted octanol–water partition coefficient (Wildman–Crippen LogP) is 22.8. The summed E-state index contributed by atoms with van der Waals surface area (Å²) >= 11 is 0. The van der Waals surface area contributed by atoms with Gasteiger partial charge >= 0.3 is 0 Å². The molecule has 0 saturated heterocycles. The molecule has 0 fully saturated rings. The Hall–Kier alpha value is -13.0. The highest BCUT2D eigenvalue weighted by molar-refractivity contribution is 6.06. The van der Waals surface area contributed by atoms with Crippen molar-refractivity contribution in [3.05, 3.63) is 419 Å². The van der Waals surface area contributed by atoms with Crippen molar-refractivity contribution in [1.29, 1.82) is 10.5 Å². The lowest BCUT2D eigenvalue weighted by Crippen LogP contribution is -2.10. The van der Waals surface area contributed by atoms with Crippen molar-refractivity contribution in [2.45, 2.75) is 0 Å². The Balaban J connectivity index is 0.787. The van der Waals surface area contributed by atoms with Crippen LogP contribution < -0.4 is 19.3 Å². The number of para-hydroxylation sites is 2. The summed E-state index contributed by atoms with van der Waals surface area (Å²) in [4.78, 5) is 4.45. The van der Waals surface area contributed by atoms with E-state index in [4.69, 9.17) is 9.47 Å². The van der Waals surface area contributed by atoms with E-state index in [1.54, 1.807) is 14.2 Å². The highest BCUT2D eigenvalue weighted by Gasteiger charge is 2.22. The number of benzene rings is 13. The Morgan fingerprint density at radius 3 is 0.646 bits per heavy atom. The summed E-state index contributed by atoms with van der Waals surface area (Å²) in [5, 5.41) is 21.6. The molecule has 0 atom stereocenters. The van der Waals surface area contributed by atoms with Crippen molar-refractivity contribution >= 4 is 79.7 Å². The third kappa shape index (κ3) is 13.6. The van der Waals surface area contributed by atoms with E-state index < -0.39 is 0 Å². The van der Waals surface area contributed by atoms with Crippen molar-refractivity contribution in [3.8, 4) is 23.6 Å². The van der Waals surface area contributed by atoms with Gasteiger partial charge in [-0.25, -0.2) is 0 Å². The molecule has 96 heavy (non-hydrogen) atoms. The minimum absolute atomic E-state index is 0.431. The summed E-state index contributed by atoms with van der Waals surface area (Å²) < 4.78 is 12.0. The first-order valence-corrected chi connectivity index (χ1v) is 31.9. The van der Waals surface area contributed by atoms with Gasteiger partial charge in [-0.1, -0.05) is 267 Å². The quantitative estimate of drug-likeness (QED) is 0.0559. The fourth-order valence-corrected chi connectivity index (χ4v) is 12.5. The van der Waals surface area contributed by atoms with Gasteiger partial charge in [-0.15, -0.1) is 0 Å². The monoisotopic (exact) mass is 1230 g/mol. The molecule has 0 heterocycles. The molecule has 0 amide bonds. The Kier molecular flexibility index (Phi) is 19.0. The van der Waals surface area contributed by atoms with E-state index in [1.807, 2.05) is 109 Å².